The molecule has 0 saturated carbocycles. The van der Waals surface area contributed by atoms with Crippen molar-refractivity contribution in [1.82, 2.24) is 10.2 Å². The van der Waals surface area contributed by atoms with Crippen molar-refractivity contribution in [3.63, 3.8) is 0 Å². The van der Waals surface area contributed by atoms with Crippen LogP contribution in [0.25, 0.3) is 0 Å². The maximum absolute atomic E-state index is 5.55. The normalized spacial score (nSPS) is 24.4. The number of nitrogens with one attached hydrogen (secondary N) is 2. The average molecular weight is 382 g/mol. The van der Waals surface area contributed by atoms with Gasteiger partial charge in [-0.3, -0.25) is 4.90 Å². The van der Waals surface area contributed by atoms with Gasteiger partial charge in [0.05, 0.1) is 7.11 Å². The SMILES string of the molecule is COc1cccc(NC(=S)NC2C[C@H]3CC[C@H](C2)N3Cc2ccccc2)c1. The van der Waals surface area contributed by atoms with Gasteiger partial charge in [0.2, 0.25) is 0 Å². The van der Waals surface area contributed by atoms with E-state index in [0.29, 0.717) is 23.2 Å². The van der Waals surface area contributed by atoms with Crippen LogP contribution in [-0.2, 0) is 6.54 Å². The zero-order valence-corrected chi connectivity index (χ0v) is 16.5. The van der Waals surface area contributed by atoms with Crippen LogP contribution in [0.1, 0.15) is 31.2 Å². The molecule has 5 heteroatoms. The number of fused-ring (bicyclic) bond motifs is 2. The van der Waals surface area contributed by atoms with Crippen LogP contribution in [0.4, 0.5) is 5.69 Å². The van der Waals surface area contributed by atoms with Crippen LogP contribution in [0.15, 0.2) is 54.6 Å². The maximum atomic E-state index is 5.55. The summed E-state index contributed by atoms with van der Waals surface area (Å²) >= 11 is 5.55. The van der Waals surface area contributed by atoms with Crippen molar-refractivity contribution in [2.24, 2.45) is 0 Å². The van der Waals surface area contributed by atoms with Crippen molar-refractivity contribution in [2.75, 3.05) is 12.4 Å². The molecule has 2 aromatic rings. The third-order valence-electron chi connectivity index (χ3n) is 5.76. The number of benzene rings is 2. The molecule has 2 atom stereocenters. The van der Waals surface area contributed by atoms with Crippen LogP contribution in [0.3, 0.4) is 0 Å². The molecule has 2 aliphatic heterocycles. The fraction of sp³-hybridized carbons (Fsp3) is 0.409. The smallest absolute Gasteiger partial charge is 0.170 e. The first kappa shape index (κ1) is 18.3. The minimum Gasteiger partial charge on any atom is -0.497 e. The molecule has 2 aliphatic rings. The standard InChI is InChI=1S/C22H27N3OS/c1-26-21-9-5-8-17(14-21)23-22(27)24-18-12-19-10-11-20(13-18)25(19)15-16-6-3-2-4-7-16/h2-9,14,18-20H,10-13,15H2,1H3,(H2,23,24,27)/t19-,20-/m1/s1. The molecule has 2 aromatic carbocycles. The maximum Gasteiger partial charge on any atom is 0.170 e. The molecular formula is C22H27N3OS. The molecule has 2 N–H and O–H groups in total. The Morgan fingerprint density at radius 2 is 1.81 bits per heavy atom. The second kappa shape index (κ2) is 8.28. The van der Waals surface area contributed by atoms with Gasteiger partial charge in [0, 0.05) is 36.4 Å². The van der Waals surface area contributed by atoms with Gasteiger partial charge in [0.1, 0.15) is 5.75 Å². The molecule has 2 heterocycles. The van der Waals surface area contributed by atoms with Crippen molar-refractivity contribution in [2.45, 2.75) is 50.4 Å². The Balaban J connectivity index is 1.32. The zero-order chi connectivity index (χ0) is 18.6. The Labute approximate surface area is 166 Å². The van der Waals surface area contributed by atoms with E-state index in [1.807, 2.05) is 24.3 Å². The van der Waals surface area contributed by atoms with E-state index in [1.165, 1.54) is 18.4 Å². The van der Waals surface area contributed by atoms with Gasteiger partial charge in [-0.25, -0.2) is 0 Å². The van der Waals surface area contributed by atoms with Crippen molar-refractivity contribution in [1.29, 1.82) is 0 Å². The van der Waals surface area contributed by atoms with E-state index in [9.17, 15) is 0 Å². The van der Waals surface area contributed by atoms with Gasteiger partial charge in [0.15, 0.2) is 5.11 Å². The van der Waals surface area contributed by atoms with Crippen molar-refractivity contribution < 1.29 is 4.74 Å². The predicted molar refractivity (Wildman–Crippen MR) is 114 cm³/mol. The third-order valence-corrected chi connectivity index (χ3v) is 5.98. The topological polar surface area (TPSA) is 36.5 Å². The summed E-state index contributed by atoms with van der Waals surface area (Å²) in [5, 5.41) is 7.53. The van der Waals surface area contributed by atoms with Crippen LogP contribution in [-0.4, -0.2) is 35.2 Å². The number of methoxy groups -OCH3 is 1. The van der Waals surface area contributed by atoms with E-state index in [4.69, 9.17) is 17.0 Å². The van der Waals surface area contributed by atoms with Crippen LogP contribution >= 0.6 is 12.2 Å². The van der Waals surface area contributed by atoms with E-state index in [0.717, 1.165) is 30.8 Å². The quantitative estimate of drug-likeness (QED) is 0.760. The molecule has 2 fully saturated rings. The Hall–Kier alpha value is -2.11. The Morgan fingerprint density at radius 3 is 2.52 bits per heavy atom. The van der Waals surface area contributed by atoms with Crippen LogP contribution in [0.5, 0.6) is 5.75 Å². The summed E-state index contributed by atoms with van der Waals surface area (Å²) in [5.74, 6) is 0.829. The first-order valence-corrected chi connectivity index (χ1v) is 10.1. The Morgan fingerprint density at radius 1 is 1.07 bits per heavy atom. The third kappa shape index (κ3) is 4.42. The summed E-state index contributed by atoms with van der Waals surface area (Å²) in [4.78, 5) is 2.70. The second-order valence-corrected chi connectivity index (χ2v) is 7.95. The molecule has 0 unspecified atom stereocenters. The van der Waals surface area contributed by atoms with E-state index in [-0.39, 0.29) is 0 Å². The lowest BCUT2D eigenvalue weighted by Gasteiger charge is -2.39. The molecule has 2 bridgehead atoms. The molecule has 0 aliphatic carbocycles. The fourth-order valence-corrected chi connectivity index (χ4v) is 4.78. The number of nitrogens with zero attached hydrogens (tertiary/aromatic N) is 1. The Kier molecular flexibility index (Phi) is 5.60. The highest BCUT2D eigenvalue weighted by molar-refractivity contribution is 7.80. The lowest BCUT2D eigenvalue weighted by atomic mass is 9.96. The largest absolute Gasteiger partial charge is 0.497 e. The molecule has 4 rings (SSSR count). The average Bonchev–Trinajstić information content (AvgIpc) is 2.91. The lowest BCUT2D eigenvalue weighted by molar-refractivity contribution is 0.115. The van der Waals surface area contributed by atoms with Gasteiger partial charge in [-0.15, -0.1) is 0 Å². The summed E-state index contributed by atoms with van der Waals surface area (Å²) in [6, 6.07) is 20.4. The molecule has 0 amide bonds. The minimum absolute atomic E-state index is 0.445. The van der Waals surface area contributed by atoms with Crippen LogP contribution < -0.4 is 15.4 Å². The van der Waals surface area contributed by atoms with Gasteiger partial charge < -0.3 is 15.4 Å². The van der Waals surface area contributed by atoms with Gasteiger partial charge in [-0.05, 0) is 55.6 Å². The number of hydrogen-bond donors (Lipinski definition) is 2. The number of ether oxygens (including phenoxy) is 1. The van der Waals surface area contributed by atoms with Gasteiger partial charge in [-0.2, -0.15) is 0 Å². The van der Waals surface area contributed by atoms with Crippen molar-refractivity contribution in [3.05, 3.63) is 60.2 Å². The minimum atomic E-state index is 0.445. The monoisotopic (exact) mass is 381 g/mol. The molecule has 2 saturated heterocycles. The second-order valence-electron chi connectivity index (χ2n) is 7.54. The van der Waals surface area contributed by atoms with E-state index < -0.39 is 0 Å². The van der Waals surface area contributed by atoms with Gasteiger partial charge in [0.25, 0.3) is 0 Å². The number of anilines is 1. The van der Waals surface area contributed by atoms with Crippen molar-refractivity contribution in [3.8, 4) is 5.75 Å². The molecule has 0 spiro atoms. The highest BCUT2D eigenvalue weighted by atomic mass is 32.1. The number of rotatable bonds is 5. The first-order valence-electron chi connectivity index (χ1n) is 9.72. The predicted octanol–water partition coefficient (Wildman–Crippen LogP) is 4.18. The lowest BCUT2D eigenvalue weighted by Crippen LogP contribution is -2.50. The molecule has 4 nitrogen and oxygen atoms in total. The van der Waals surface area contributed by atoms with Crippen LogP contribution in [0.2, 0.25) is 0 Å². The van der Waals surface area contributed by atoms with Crippen molar-refractivity contribution >= 4 is 23.0 Å². The van der Waals surface area contributed by atoms with Crippen LogP contribution in [0, 0.1) is 0 Å². The number of piperidine rings is 1. The molecule has 27 heavy (non-hydrogen) atoms. The summed E-state index contributed by atoms with van der Waals surface area (Å²) < 4.78 is 5.27. The summed E-state index contributed by atoms with van der Waals surface area (Å²) in [7, 11) is 1.68. The molecule has 0 radical (unpaired) electrons. The molecule has 0 aromatic heterocycles. The zero-order valence-electron chi connectivity index (χ0n) is 15.7. The summed E-state index contributed by atoms with van der Waals surface area (Å²) in [5.41, 5.74) is 2.37. The Bertz CT molecular complexity index is 768. The van der Waals surface area contributed by atoms with E-state index in [1.54, 1.807) is 7.11 Å². The highest BCUT2D eigenvalue weighted by Gasteiger charge is 2.40. The summed E-state index contributed by atoms with van der Waals surface area (Å²) in [6.07, 6.45) is 4.91. The summed E-state index contributed by atoms with van der Waals surface area (Å²) in [6.45, 7) is 1.06. The molecular weight excluding hydrogens is 354 g/mol. The number of thiocarbonyl (C=S) groups is 1. The van der Waals surface area contributed by atoms with Gasteiger partial charge >= 0.3 is 0 Å². The number of hydrogen-bond acceptors (Lipinski definition) is 3. The molecule has 142 valence electrons. The van der Waals surface area contributed by atoms with E-state index in [2.05, 4.69) is 45.9 Å². The first-order chi connectivity index (χ1) is 13.2. The fourth-order valence-electron chi connectivity index (χ4n) is 4.50. The highest BCUT2D eigenvalue weighted by Crippen LogP contribution is 2.36. The van der Waals surface area contributed by atoms with E-state index >= 15 is 0 Å². The van der Waals surface area contributed by atoms with Gasteiger partial charge in [-0.1, -0.05) is 36.4 Å².